The fraction of sp³-hybridized carbons (Fsp3) is 0.875. The molecule has 0 radical (unpaired) electrons. The van der Waals surface area contributed by atoms with Crippen molar-refractivity contribution in [1.29, 1.82) is 0 Å². The summed E-state index contributed by atoms with van der Waals surface area (Å²) < 4.78 is 5.52. The number of ether oxygens (including phenoxy) is 1. The zero-order chi connectivity index (χ0) is 8.91. The number of nitrogens with zero attached hydrogens (tertiary/aromatic N) is 1. The van der Waals surface area contributed by atoms with Gasteiger partial charge in [0.2, 0.25) is 0 Å². The summed E-state index contributed by atoms with van der Waals surface area (Å²) in [4.78, 5) is 11.0. The molecule has 0 unspecified atom stereocenters. The van der Waals surface area contributed by atoms with Gasteiger partial charge >= 0.3 is 5.97 Å². The average Bonchev–Trinajstić information content (AvgIpc) is 1.87. The molecule has 12 heavy (non-hydrogen) atoms. The fourth-order valence-corrected chi connectivity index (χ4v) is 0.668. The molecule has 4 heteroatoms. The molecule has 0 aliphatic carbocycles. The minimum atomic E-state index is -0.112. The maximum atomic E-state index is 11.0. The molecule has 0 rings (SSSR count). The predicted molar refractivity (Wildman–Crippen MR) is 44.1 cm³/mol. The highest BCUT2D eigenvalue weighted by Crippen LogP contribution is 1.95. The molecular formula is C8H18ClNO2. The van der Waals surface area contributed by atoms with Crippen LogP contribution >= 0.6 is 0 Å². The van der Waals surface area contributed by atoms with Crippen molar-refractivity contribution < 1.29 is 26.4 Å². The summed E-state index contributed by atoms with van der Waals surface area (Å²) in [5.41, 5.74) is 0. The van der Waals surface area contributed by atoms with Crippen molar-refractivity contribution in [3.8, 4) is 0 Å². The van der Waals surface area contributed by atoms with Gasteiger partial charge in [0.1, 0.15) is 0 Å². The molecule has 0 aromatic carbocycles. The molecule has 0 amide bonds. The number of quaternary nitrogens is 1. The molecular weight excluding hydrogens is 178 g/mol. The van der Waals surface area contributed by atoms with Gasteiger partial charge in [0.15, 0.2) is 6.54 Å². The molecule has 0 saturated heterocycles. The molecule has 0 aromatic rings. The third-order valence-electron chi connectivity index (χ3n) is 1.72. The van der Waals surface area contributed by atoms with Crippen molar-refractivity contribution in [2.75, 3.05) is 33.8 Å². The summed E-state index contributed by atoms with van der Waals surface area (Å²) in [5.74, 6) is -0.112. The van der Waals surface area contributed by atoms with Crippen molar-refractivity contribution in [3.63, 3.8) is 0 Å². The first-order valence-corrected chi connectivity index (χ1v) is 3.99. The Morgan fingerprint density at radius 1 is 1.33 bits per heavy atom. The Hall–Kier alpha value is -0.280. The van der Waals surface area contributed by atoms with E-state index in [1.807, 2.05) is 21.0 Å². The molecule has 0 bridgehead atoms. The van der Waals surface area contributed by atoms with Gasteiger partial charge in [-0.1, -0.05) is 0 Å². The average molecular weight is 196 g/mol. The number of rotatable bonds is 4. The van der Waals surface area contributed by atoms with Gasteiger partial charge in [-0.3, -0.25) is 0 Å². The van der Waals surface area contributed by atoms with E-state index in [4.69, 9.17) is 4.74 Å². The van der Waals surface area contributed by atoms with E-state index in [2.05, 4.69) is 6.92 Å². The number of carbonyl (C=O) groups is 1. The predicted octanol–water partition coefficient (Wildman–Crippen LogP) is -2.35. The van der Waals surface area contributed by atoms with Crippen LogP contribution in [0.3, 0.4) is 0 Å². The van der Waals surface area contributed by atoms with Gasteiger partial charge in [0.25, 0.3) is 0 Å². The van der Waals surface area contributed by atoms with E-state index in [1.165, 1.54) is 0 Å². The Kier molecular flexibility index (Phi) is 7.44. The van der Waals surface area contributed by atoms with Crippen LogP contribution in [-0.2, 0) is 9.53 Å². The molecule has 0 fully saturated rings. The maximum Gasteiger partial charge on any atom is 0.361 e. The van der Waals surface area contributed by atoms with E-state index >= 15 is 0 Å². The van der Waals surface area contributed by atoms with Gasteiger partial charge in [0.05, 0.1) is 27.2 Å². The first-order valence-electron chi connectivity index (χ1n) is 3.99. The van der Waals surface area contributed by atoms with Crippen LogP contribution in [0, 0.1) is 0 Å². The highest BCUT2D eigenvalue weighted by molar-refractivity contribution is 5.70. The van der Waals surface area contributed by atoms with Crippen LogP contribution in [0.25, 0.3) is 0 Å². The molecule has 0 N–H and O–H groups in total. The van der Waals surface area contributed by atoms with Crippen LogP contribution in [0.15, 0.2) is 0 Å². The van der Waals surface area contributed by atoms with E-state index in [-0.39, 0.29) is 18.4 Å². The van der Waals surface area contributed by atoms with Gasteiger partial charge in [0, 0.05) is 0 Å². The Morgan fingerprint density at radius 2 is 1.83 bits per heavy atom. The van der Waals surface area contributed by atoms with Crippen LogP contribution in [-0.4, -0.2) is 44.2 Å². The maximum absolute atomic E-state index is 11.0. The second kappa shape index (κ2) is 6.26. The lowest BCUT2D eigenvalue weighted by Gasteiger charge is -2.26. The second-order valence-electron chi connectivity index (χ2n) is 3.22. The minimum absolute atomic E-state index is 0. The van der Waals surface area contributed by atoms with E-state index in [0.29, 0.717) is 17.6 Å². The molecule has 0 atom stereocenters. The summed E-state index contributed by atoms with van der Waals surface area (Å²) in [6.07, 6.45) is 0. The van der Waals surface area contributed by atoms with Crippen molar-refractivity contribution in [3.05, 3.63) is 0 Å². The molecule has 0 aliphatic heterocycles. The third kappa shape index (κ3) is 6.43. The van der Waals surface area contributed by atoms with Gasteiger partial charge in [-0.25, -0.2) is 4.79 Å². The number of esters is 1. The molecule has 3 nitrogen and oxygen atoms in total. The smallest absolute Gasteiger partial charge is 0.361 e. The van der Waals surface area contributed by atoms with Crippen LogP contribution in [0.1, 0.15) is 13.8 Å². The quantitative estimate of drug-likeness (QED) is 0.371. The van der Waals surface area contributed by atoms with E-state index in [0.717, 1.165) is 6.54 Å². The first kappa shape index (κ1) is 14.3. The van der Waals surface area contributed by atoms with Crippen molar-refractivity contribution in [2.24, 2.45) is 0 Å². The van der Waals surface area contributed by atoms with Crippen molar-refractivity contribution >= 4 is 5.97 Å². The Balaban J connectivity index is 0. The summed E-state index contributed by atoms with van der Waals surface area (Å²) >= 11 is 0. The van der Waals surface area contributed by atoms with Crippen molar-refractivity contribution in [2.45, 2.75) is 13.8 Å². The summed E-state index contributed by atoms with van der Waals surface area (Å²) in [6.45, 7) is 5.76. The molecule has 0 spiro atoms. The highest BCUT2D eigenvalue weighted by atomic mass is 35.5. The normalized spacial score (nSPS) is 10.3. The molecule has 0 aliphatic rings. The first-order chi connectivity index (χ1) is 5.02. The topological polar surface area (TPSA) is 26.3 Å². The van der Waals surface area contributed by atoms with Crippen LogP contribution in [0.2, 0.25) is 0 Å². The zero-order valence-electron chi connectivity index (χ0n) is 8.26. The lowest BCUT2D eigenvalue weighted by atomic mass is 10.4. The standard InChI is InChI=1S/C8H18NO2.ClH/c1-5-9(3,4)7-8(10)11-6-2;/h5-7H2,1-4H3;1H/q+1;/p-1. The fourth-order valence-electron chi connectivity index (χ4n) is 0.668. The number of likely N-dealkylation sites (N-methyl/N-ethyl adjacent to an activating group) is 1. The zero-order valence-corrected chi connectivity index (χ0v) is 9.02. The lowest BCUT2D eigenvalue weighted by Crippen LogP contribution is -3.00. The van der Waals surface area contributed by atoms with E-state index in [9.17, 15) is 4.79 Å². The van der Waals surface area contributed by atoms with Gasteiger partial charge in [-0.05, 0) is 13.8 Å². The molecule has 0 heterocycles. The minimum Gasteiger partial charge on any atom is -1.00 e. The number of halogens is 1. The molecule has 0 saturated carbocycles. The van der Waals surface area contributed by atoms with E-state index < -0.39 is 0 Å². The molecule has 0 aromatic heterocycles. The Labute approximate surface area is 80.7 Å². The van der Waals surface area contributed by atoms with Crippen LogP contribution in [0.5, 0.6) is 0 Å². The number of carbonyl (C=O) groups excluding carboxylic acids is 1. The van der Waals surface area contributed by atoms with Crippen LogP contribution in [0.4, 0.5) is 0 Å². The summed E-state index contributed by atoms with van der Waals surface area (Å²) in [5, 5.41) is 0. The SMILES string of the molecule is CCOC(=O)C[N+](C)(C)CC.[Cl-]. The van der Waals surface area contributed by atoms with E-state index in [1.54, 1.807) is 0 Å². The van der Waals surface area contributed by atoms with Gasteiger partial charge < -0.3 is 21.6 Å². The third-order valence-corrected chi connectivity index (χ3v) is 1.72. The largest absolute Gasteiger partial charge is 1.00 e. The second-order valence-corrected chi connectivity index (χ2v) is 3.22. The summed E-state index contributed by atoms with van der Waals surface area (Å²) in [6, 6.07) is 0. The van der Waals surface area contributed by atoms with Gasteiger partial charge in [-0.2, -0.15) is 0 Å². The van der Waals surface area contributed by atoms with Gasteiger partial charge in [-0.15, -0.1) is 0 Å². The molecule has 74 valence electrons. The lowest BCUT2D eigenvalue weighted by molar-refractivity contribution is -0.881. The van der Waals surface area contributed by atoms with Crippen molar-refractivity contribution in [1.82, 2.24) is 0 Å². The Morgan fingerprint density at radius 3 is 2.17 bits per heavy atom. The summed E-state index contributed by atoms with van der Waals surface area (Å²) in [7, 11) is 4.02. The number of hydrogen-bond acceptors (Lipinski definition) is 2. The van der Waals surface area contributed by atoms with Crippen LogP contribution < -0.4 is 12.4 Å². The number of hydrogen-bond donors (Lipinski definition) is 0. The Bertz CT molecular complexity index is 137. The monoisotopic (exact) mass is 195 g/mol. The highest BCUT2D eigenvalue weighted by Gasteiger charge is 2.17.